The second kappa shape index (κ2) is 12.1. The van der Waals surface area contributed by atoms with Gasteiger partial charge in [0.1, 0.15) is 0 Å². The first kappa shape index (κ1) is 24.4. The maximum absolute atomic E-state index is 13.6. The zero-order valence-corrected chi connectivity index (χ0v) is 19.6. The van der Waals surface area contributed by atoms with E-state index in [0.29, 0.717) is 13.1 Å². The van der Waals surface area contributed by atoms with Crippen molar-refractivity contribution in [2.45, 2.75) is 38.8 Å². The van der Waals surface area contributed by atoms with Gasteiger partial charge in [-0.25, -0.2) is 0 Å². The third-order valence-electron chi connectivity index (χ3n) is 5.22. The van der Waals surface area contributed by atoms with E-state index in [-0.39, 0.29) is 13.2 Å². The van der Waals surface area contributed by atoms with Gasteiger partial charge in [0, 0.05) is 13.1 Å². The van der Waals surface area contributed by atoms with Gasteiger partial charge in [-0.1, -0.05) is 91.0 Å². The minimum absolute atomic E-state index is 0.188. The molecule has 5 nitrogen and oxygen atoms in total. The highest BCUT2D eigenvalue weighted by atomic mass is 31.2. The standard InChI is InChI=1S/C26H32NO4P/c1-3-30-32(29,31-4-2)26(28)25(24-18-12-7-13-19-24)27(20-22-14-8-5-9-15-22)21-23-16-10-6-11-17-23/h5-19,25-26,28H,3-4,20-21H2,1-2H3/t25-,26-/m0/s1. The molecule has 0 bridgehead atoms. The predicted molar refractivity (Wildman–Crippen MR) is 128 cm³/mol. The molecule has 0 radical (unpaired) electrons. The van der Waals surface area contributed by atoms with Crippen LogP contribution in [0.2, 0.25) is 0 Å². The number of aliphatic hydroxyl groups excluding tert-OH is 1. The summed E-state index contributed by atoms with van der Waals surface area (Å²) in [6.45, 7) is 5.00. The smallest absolute Gasteiger partial charge is 0.360 e. The fraction of sp³-hybridized carbons (Fsp3) is 0.308. The summed E-state index contributed by atoms with van der Waals surface area (Å²) in [5.74, 6) is -1.35. The van der Waals surface area contributed by atoms with Crippen molar-refractivity contribution in [3.63, 3.8) is 0 Å². The van der Waals surface area contributed by atoms with E-state index in [0.717, 1.165) is 16.7 Å². The Morgan fingerprint density at radius 2 is 1.16 bits per heavy atom. The summed E-state index contributed by atoms with van der Waals surface area (Å²) in [7, 11) is -3.78. The van der Waals surface area contributed by atoms with Crippen molar-refractivity contribution in [2.24, 2.45) is 0 Å². The molecule has 0 saturated heterocycles. The van der Waals surface area contributed by atoms with Crippen molar-refractivity contribution in [2.75, 3.05) is 13.2 Å². The highest BCUT2D eigenvalue weighted by Gasteiger charge is 2.43. The van der Waals surface area contributed by atoms with E-state index < -0.39 is 19.5 Å². The maximum atomic E-state index is 13.6. The number of nitrogens with zero attached hydrogens (tertiary/aromatic N) is 1. The van der Waals surface area contributed by atoms with Crippen LogP contribution in [0.25, 0.3) is 0 Å². The van der Waals surface area contributed by atoms with Gasteiger partial charge in [-0.15, -0.1) is 0 Å². The lowest BCUT2D eigenvalue weighted by molar-refractivity contribution is 0.0558. The highest BCUT2D eigenvalue weighted by Crippen LogP contribution is 2.57. The molecule has 6 heteroatoms. The minimum Gasteiger partial charge on any atom is -0.379 e. The summed E-state index contributed by atoms with van der Waals surface area (Å²) < 4.78 is 24.7. The van der Waals surface area contributed by atoms with Crippen molar-refractivity contribution in [1.29, 1.82) is 0 Å². The average Bonchev–Trinajstić information content (AvgIpc) is 2.81. The second-order valence-corrected chi connectivity index (χ2v) is 9.65. The topological polar surface area (TPSA) is 59.0 Å². The number of benzene rings is 3. The highest BCUT2D eigenvalue weighted by molar-refractivity contribution is 7.54. The normalized spacial score (nSPS) is 13.8. The molecule has 32 heavy (non-hydrogen) atoms. The van der Waals surface area contributed by atoms with Gasteiger partial charge in [0.25, 0.3) is 0 Å². The van der Waals surface area contributed by atoms with E-state index in [1.807, 2.05) is 66.7 Å². The molecule has 1 N–H and O–H groups in total. The van der Waals surface area contributed by atoms with Gasteiger partial charge < -0.3 is 14.2 Å². The van der Waals surface area contributed by atoms with Gasteiger partial charge >= 0.3 is 7.60 Å². The van der Waals surface area contributed by atoms with Crippen LogP contribution < -0.4 is 0 Å². The quantitative estimate of drug-likeness (QED) is 0.340. The van der Waals surface area contributed by atoms with Gasteiger partial charge in [0.15, 0.2) is 5.85 Å². The van der Waals surface area contributed by atoms with Crippen molar-refractivity contribution >= 4 is 7.60 Å². The molecule has 3 rings (SSSR count). The molecule has 0 amide bonds. The average molecular weight is 454 g/mol. The van der Waals surface area contributed by atoms with Crippen LogP contribution in [-0.4, -0.2) is 29.1 Å². The molecule has 0 spiro atoms. The number of hydrogen-bond acceptors (Lipinski definition) is 5. The van der Waals surface area contributed by atoms with Gasteiger partial charge in [0.2, 0.25) is 0 Å². The Morgan fingerprint density at radius 3 is 1.56 bits per heavy atom. The van der Waals surface area contributed by atoms with Gasteiger partial charge in [-0.2, -0.15) is 0 Å². The first-order chi connectivity index (χ1) is 15.6. The Morgan fingerprint density at radius 1 is 0.750 bits per heavy atom. The SMILES string of the molecule is CCOP(=O)(OCC)[C@H](O)[C@H](c1ccccc1)N(Cc1ccccc1)Cc1ccccc1. The van der Waals surface area contributed by atoms with Crippen LogP contribution in [0.5, 0.6) is 0 Å². The zero-order valence-electron chi connectivity index (χ0n) is 18.7. The van der Waals surface area contributed by atoms with Crippen molar-refractivity contribution in [3.8, 4) is 0 Å². The molecule has 0 heterocycles. The van der Waals surface area contributed by atoms with Crippen LogP contribution >= 0.6 is 7.60 Å². The van der Waals surface area contributed by atoms with Crippen molar-refractivity contribution in [3.05, 3.63) is 108 Å². The summed E-state index contributed by atoms with van der Waals surface area (Å²) >= 11 is 0. The summed E-state index contributed by atoms with van der Waals surface area (Å²) in [5, 5.41) is 11.5. The number of aliphatic hydroxyl groups is 1. The van der Waals surface area contributed by atoms with Crippen molar-refractivity contribution in [1.82, 2.24) is 4.90 Å². The van der Waals surface area contributed by atoms with Crippen LogP contribution in [0, 0.1) is 0 Å². The largest absolute Gasteiger partial charge is 0.379 e. The Balaban J connectivity index is 2.06. The maximum Gasteiger partial charge on any atom is 0.360 e. The lowest BCUT2D eigenvalue weighted by atomic mass is 10.0. The Bertz CT molecular complexity index is 917. The summed E-state index contributed by atoms with van der Waals surface area (Å²) in [6.07, 6.45) is 0. The summed E-state index contributed by atoms with van der Waals surface area (Å²) in [6, 6.07) is 29.2. The minimum atomic E-state index is -3.78. The van der Waals surface area contributed by atoms with E-state index in [1.165, 1.54) is 0 Å². The molecule has 3 aromatic rings. The molecule has 3 aromatic carbocycles. The zero-order chi connectivity index (χ0) is 22.8. The summed E-state index contributed by atoms with van der Waals surface area (Å²) in [4.78, 5) is 2.13. The molecular weight excluding hydrogens is 421 g/mol. The van der Waals surface area contributed by atoms with Crippen LogP contribution in [0.15, 0.2) is 91.0 Å². The van der Waals surface area contributed by atoms with Gasteiger partial charge in [-0.3, -0.25) is 9.46 Å². The Labute approximate surface area is 191 Å². The molecule has 0 saturated carbocycles. The second-order valence-electron chi connectivity index (χ2n) is 7.52. The monoisotopic (exact) mass is 453 g/mol. The molecule has 0 aliphatic heterocycles. The molecule has 0 fully saturated rings. The molecular formula is C26H32NO4P. The molecule has 0 unspecified atom stereocenters. The fourth-order valence-electron chi connectivity index (χ4n) is 3.83. The number of hydrogen-bond donors (Lipinski definition) is 1. The molecule has 0 aliphatic rings. The van der Waals surface area contributed by atoms with Crippen LogP contribution in [-0.2, 0) is 26.7 Å². The predicted octanol–water partition coefficient (Wildman–Crippen LogP) is 6.01. The lowest BCUT2D eigenvalue weighted by Gasteiger charge is -2.37. The van der Waals surface area contributed by atoms with Crippen LogP contribution in [0.3, 0.4) is 0 Å². The van der Waals surface area contributed by atoms with E-state index >= 15 is 0 Å². The van der Waals surface area contributed by atoms with E-state index in [9.17, 15) is 9.67 Å². The van der Waals surface area contributed by atoms with Gasteiger partial charge in [0.05, 0.1) is 19.3 Å². The first-order valence-electron chi connectivity index (χ1n) is 11.0. The molecule has 170 valence electrons. The van der Waals surface area contributed by atoms with E-state index in [1.54, 1.807) is 13.8 Å². The third kappa shape index (κ3) is 6.38. The van der Waals surface area contributed by atoms with E-state index in [4.69, 9.17) is 9.05 Å². The van der Waals surface area contributed by atoms with Gasteiger partial charge in [-0.05, 0) is 30.5 Å². The Kier molecular flexibility index (Phi) is 9.22. The third-order valence-corrected chi connectivity index (χ3v) is 7.38. The molecule has 0 aliphatic carbocycles. The Hall–Kier alpha value is -2.27. The fourth-order valence-corrected chi connectivity index (χ4v) is 5.64. The van der Waals surface area contributed by atoms with Crippen LogP contribution in [0.1, 0.15) is 36.6 Å². The first-order valence-corrected chi connectivity index (χ1v) is 12.6. The number of rotatable bonds is 12. The molecule has 0 aromatic heterocycles. The van der Waals surface area contributed by atoms with E-state index in [2.05, 4.69) is 29.2 Å². The van der Waals surface area contributed by atoms with Crippen molar-refractivity contribution < 1.29 is 18.7 Å². The van der Waals surface area contributed by atoms with Crippen LogP contribution in [0.4, 0.5) is 0 Å². The lowest BCUT2D eigenvalue weighted by Crippen LogP contribution is -2.36. The summed E-state index contributed by atoms with van der Waals surface area (Å²) in [5.41, 5.74) is 3.05. The molecule has 2 atom stereocenters.